The third kappa shape index (κ3) is 7.87. The molecular formula is C23H30ClN5O5. The smallest absolute Gasteiger partial charge is 0.407 e. The van der Waals surface area contributed by atoms with Gasteiger partial charge in [0.2, 0.25) is 5.91 Å². The predicted octanol–water partition coefficient (Wildman–Crippen LogP) is 2.97. The molecule has 1 aromatic rings. The summed E-state index contributed by atoms with van der Waals surface area (Å²) in [6.07, 6.45) is 4.35. The summed E-state index contributed by atoms with van der Waals surface area (Å²) in [5.41, 5.74) is -0.735. The highest BCUT2D eigenvalue weighted by Gasteiger charge is 2.38. The molecule has 0 aliphatic heterocycles. The molecule has 3 atom stereocenters. The lowest BCUT2D eigenvalue weighted by atomic mass is 9.81. The molecular weight excluding hydrogens is 462 g/mol. The minimum Gasteiger partial charge on any atom is -0.444 e. The average Bonchev–Trinajstić information content (AvgIpc) is 2.75. The number of aromatic nitrogens is 1. The van der Waals surface area contributed by atoms with E-state index in [9.17, 15) is 19.2 Å². The van der Waals surface area contributed by atoms with Gasteiger partial charge in [-0.2, -0.15) is 0 Å². The fourth-order valence-corrected chi connectivity index (χ4v) is 3.62. The molecule has 3 N–H and O–H groups in total. The van der Waals surface area contributed by atoms with Crippen LogP contribution in [0.25, 0.3) is 0 Å². The van der Waals surface area contributed by atoms with Crippen LogP contribution in [0.5, 0.6) is 0 Å². The summed E-state index contributed by atoms with van der Waals surface area (Å²) in [5.74, 6) is -2.33. The number of pyridine rings is 1. The zero-order chi connectivity index (χ0) is 25.5. The number of hydrogen-bond acceptors (Lipinski definition) is 6. The van der Waals surface area contributed by atoms with Gasteiger partial charge in [0.15, 0.2) is 0 Å². The zero-order valence-corrected chi connectivity index (χ0v) is 20.2. The highest BCUT2D eigenvalue weighted by molar-refractivity contribution is 6.39. The Bertz CT molecular complexity index is 936. The van der Waals surface area contributed by atoms with E-state index in [1.807, 2.05) is 0 Å². The van der Waals surface area contributed by atoms with Crippen molar-refractivity contribution in [1.29, 1.82) is 0 Å². The van der Waals surface area contributed by atoms with E-state index in [1.54, 1.807) is 20.8 Å². The number of alkyl carbamates (subject to hydrolysis) is 1. The minimum absolute atomic E-state index is 0.163. The van der Waals surface area contributed by atoms with E-state index in [0.717, 1.165) is 0 Å². The van der Waals surface area contributed by atoms with E-state index >= 15 is 0 Å². The quantitative estimate of drug-likeness (QED) is 0.524. The second-order valence-electron chi connectivity index (χ2n) is 8.77. The number of hydrogen-bond donors (Lipinski definition) is 3. The first-order chi connectivity index (χ1) is 15.9. The van der Waals surface area contributed by atoms with Crippen LogP contribution < -0.4 is 16.0 Å². The molecule has 1 aliphatic rings. The number of nitrogens with zero attached hydrogens (tertiary/aromatic N) is 2. The molecule has 0 bridgehead atoms. The van der Waals surface area contributed by atoms with Crippen LogP contribution in [-0.4, -0.2) is 51.4 Å². The van der Waals surface area contributed by atoms with Crippen LogP contribution in [0.3, 0.4) is 0 Å². The number of anilines is 1. The van der Waals surface area contributed by atoms with Crippen molar-refractivity contribution in [3.8, 4) is 0 Å². The number of ether oxygens (including phenoxy) is 1. The fourth-order valence-electron chi connectivity index (χ4n) is 3.51. The van der Waals surface area contributed by atoms with Crippen LogP contribution in [0, 0.1) is 5.92 Å². The topological polar surface area (TPSA) is 130 Å². The van der Waals surface area contributed by atoms with Crippen LogP contribution in [0.1, 0.15) is 40.0 Å². The fraction of sp³-hybridized carbons (Fsp3) is 0.435. The number of halogens is 1. The second kappa shape index (κ2) is 11.6. The lowest BCUT2D eigenvalue weighted by Crippen LogP contribution is -2.57. The van der Waals surface area contributed by atoms with Crippen molar-refractivity contribution in [1.82, 2.24) is 20.5 Å². The third-order valence-corrected chi connectivity index (χ3v) is 5.26. The van der Waals surface area contributed by atoms with Gasteiger partial charge in [-0.3, -0.25) is 19.3 Å². The van der Waals surface area contributed by atoms with Crippen molar-refractivity contribution in [2.45, 2.75) is 57.7 Å². The van der Waals surface area contributed by atoms with E-state index in [1.165, 1.54) is 35.6 Å². The molecule has 1 fully saturated rings. The molecule has 2 rings (SSSR count). The molecule has 0 aromatic carbocycles. The maximum atomic E-state index is 12.8. The molecule has 0 radical (unpaired) electrons. The Hall–Kier alpha value is -3.40. The summed E-state index contributed by atoms with van der Waals surface area (Å²) in [6, 6.07) is 1.73. The molecule has 34 heavy (non-hydrogen) atoms. The number of rotatable bonds is 6. The molecule has 4 amide bonds. The highest BCUT2D eigenvalue weighted by atomic mass is 35.5. The van der Waals surface area contributed by atoms with E-state index < -0.39 is 41.5 Å². The standard InChI is InChI=1S/C23H30ClN5O5/c1-6-29(7-2)21(32)14-8-10-16(17(12-14)27-22(33)34-23(3,4)5)26-19(30)20(31)28-18-11-9-15(24)13-25-18/h6-7,9,11,13-14,16-17H,1-2,8,10,12H2,3-5H3,(H,26,30)(H,27,33)(H,25,28,31)/t14-,16-,17+/m0/s1. The van der Waals surface area contributed by atoms with Crippen molar-refractivity contribution < 1.29 is 23.9 Å². The molecule has 11 heteroatoms. The molecule has 10 nitrogen and oxygen atoms in total. The molecule has 1 aliphatic carbocycles. The predicted molar refractivity (Wildman–Crippen MR) is 128 cm³/mol. The normalized spacial score (nSPS) is 19.8. The van der Waals surface area contributed by atoms with Gasteiger partial charge in [0.05, 0.1) is 11.1 Å². The number of carbonyl (C=O) groups is 4. The average molecular weight is 492 g/mol. The largest absolute Gasteiger partial charge is 0.444 e. The van der Waals surface area contributed by atoms with Gasteiger partial charge in [0.1, 0.15) is 11.4 Å². The number of carbonyl (C=O) groups excluding carboxylic acids is 4. The van der Waals surface area contributed by atoms with Gasteiger partial charge in [-0.15, -0.1) is 0 Å². The van der Waals surface area contributed by atoms with Crippen LogP contribution in [0.2, 0.25) is 5.02 Å². The Labute approximate surface area is 203 Å². The van der Waals surface area contributed by atoms with Crippen molar-refractivity contribution in [3.05, 3.63) is 48.9 Å². The van der Waals surface area contributed by atoms with E-state index in [4.69, 9.17) is 16.3 Å². The third-order valence-electron chi connectivity index (χ3n) is 5.04. The van der Waals surface area contributed by atoms with E-state index in [-0.39, 0.29) is 18.1 Å². The maximum absolute atomic E-state index is 12.8. The monoisotopic (exact) mass is 491 g/mol. The summed E-state index contributed by atoms with van der Waals surface area (Å²) in [5, 5.41) is 8.15. The van der Waals surface area contributed by atoms with Crippen LogP contribution in [0.15, 0.2) is 43.9 Å². The van der Waals surface area contributed by atoms with E-state index in [0.29, 0.717) is 17.9 Å². The van der Waals surface area contributed by atoms with Gasteiger partial charge in [-0.1, -0.05) is 24.8 Å². The number of nitrogens with one attached hydrogen (secondary N) is 3. The SMILES string of the molecule is C=CN(C=C)C(=O)[C@H]1CC[C@H](NC(=O)C(=O)Nc2ccc(Cl)cn2)[C@H](NC(=O)OC(C)(C)C)C1. The lowest BCUT2D eigenvalue weighted by Gasteiger charge is -2.37. The van der Waals surface area contributed by atoms with Gasteiger partial charge < -0.3 is 20.7 Å². The molecule has 1 aromatic heterocycles. The Morgan fingerprint density at radius 1 is 1.09 bits per heavy atom. The van der Waals surface area contributed by atoms with Crippen molar-refractivity contribution in [3.63, 3.8) is 0 Å². The summed E-state index contributed by atoms with van der Waals surface area (Å²) in [6.45, 7) is 12.4. The first-order valence-corrected chi connectivity index (χ1v) is 11.1. The van der Waals surface area contributed by atoms with Gasteiger partial charge in [-0.25, -0.2) is 9.78 Å². The second-order valence-corrected chi connectivity index (χ2v) is 9.21. The molecule has 0 spiro atoms. The Morgan fingerprint density at radius 2 is 1.76 bits per heavy atom. The van der Waals surface area contributed by atoms with E-state index in [2.05, 4.69) is 34.1 Å². The van der Waals surface area contributed by atoms with Crippen molar-refractivity contribution >= 4 is 41.2 Å². The van der Waals surface area contributed by atoms with Crippen molar-refractivity contribution in [2.75, 3.05) is 5.32 Å². The summed E-state index contributed by atoms with van der Waals surface area (Å²) in [7, 11) is 0. The summed E-state index contributed by atoms with van der Waals surface area (Å²) < 4.78 is 5.33. The van der Waals surface area contributed by atoms with Gasteiger partial charge in [0, 0.05) is 30.6 Å². The first kappa shape index (κ1) is 26.8. The maximum Gasteiger partial charge on any atom is 0.407 e. The Morgan fingerprint density at radius 3 is 2.32 bits per heavy atom. The van der Waals surface area contributed by atoms with Gasteiger partial charge in [0.25, 0.3) is 0 Å². The molecule has 1 saturated carbocycles. The summed E-state index contributed by atoms with van der Waals surface area (Å²) >= 11 is 5.77. The van der Waals surface area contributed by atoms with Crippen LogP contribution in [0.4, 0.5) is 10.6 Å². The van der Waals surface area contributed by atoms with Crippen LogP contribution in [-0.2, 0) is 19.1 Å². The highest BCUT2D eigenvalue weighted by Crippen LogP contribution is 2.27. The Balaban J connectivity index is 2.11. The molecule has 1 heterocycles. The molecule has 0 unspecified atom stereocenters. The van der Waals surface area contributed by atoms with Crippen LogP contribution >= 0.6 is 11.6 Å². The molecule has 184 valence electrons. The lowest BCUT2D eigenvalue weighted by molar-refractivity contribution is -0.137. The summed E-state index contributed by atoms with van der Waals surface area (Å²) in [4.78, 5) is 55.2. The first-order valence-electron chi connectivity index (χ1n) is 10.7. The van der Waals surface area contributed by atoms with Crippen molar-refractivity contribution in [2.24, 2.45) is 5.92 Å². The minimum atomic E-state index is -0.923. The van der Waals surface area contributed by atoms with Gasteiger partial charge >= 0.3 is 17.9 Å². The Kier molecular flexibility index (Phi) is 9.19. The number of amides is 4. The molecule has 0 saturated heterocycles. The van der Waals surface area contributed by atoms with Gasteiger partial charge in [-0.05, 0) is 52.2 Å². The zero-order valence-electron chi connectivity index (χ0n) is 19.5.